The normalized spacial score (nSPS) is 10.9. The van der Waals surface area contributed by atoms with Crippen LogP contribution in [-0.4, -0.2) is 32.8 Å². The molecule has 0 unspecified atom stereocenters. The molecule has 2 heterocycles. The molecule has 1 N–H and O–H groups in total. The molecule has 0 atom stereocenters. The Morgan fingerprint density at radius 2 is 1.87 bits per heavy atom. The van der Waals surface area contributed by atoms with Crippen LogP contribution in [0.25, 0.3) is 16.8 Å². The highest BCUT2D eigenvalue weighted by molar-refractivity contribution is 6.33. The minimum absolute atomic E-state index is 0.189. The van der Waals surface area contributed by atoms with Crippen LogP contribution in [0.4, 0.5) is 5.69 Å². The van der Waals surface area contributed by atoms with Crippen molar-refractivity contribution < 1.29 is 9.53 Å². The van der Waals surface area contributed by atoms with Gasteiger partial charge in [0.1, 0.15) is 5.75 Å². The number of carbonyl (C=O) groups is 1. The number of carbonyl (C=O) groups excluding carboxylic acids is 1. The summed E-state index contributed by atoms with van der Waals surface area (Å²) in [5, 5.41) is 16.5. The van der Waals surface area contributed by atoms with E-state index in [1.54, 1.807) is 42.8 Å². The van der Waals surface area contributed by atoms with E-state index in [0.717, 1.165) is 22.6 Å². The Morgan fingerprint density at radius 1 is 1.13 bits per heavy atom. The van der Waals surface area contributed by atoms with Crippen molar-refractivity contribution in [2.45, 2.75) is 20.3 Å². The zero-order chi connectivity index (χ0) is 21.3. The third-order valence-electron chi connectivity index (χ3n) is 4.89. The number of aromatic nitrogens is 4. The molecule has 0 aliphatic rings. The molecule has 1 amide bonds. The Bertz CT molecular complexity index is 1230. The number of halogens is 1. The van der Waals surface area contributed by atoms with Crippen LogP contribution in [0.2, 0.25) is 5.02 Å². The summed E-state index contributed by atoms with van der Waals surface area (Å²) in [6.45, 7) is 3.83. The van der Waals surface area contributed by atoms with Gasteiger partial charge in [-0.1, -0.05) is 42.8 Å². The average molecular weight is 422 g/mol. The summed E-state index contributed by atoms with van der Waals surface area (Å²) in [6, 6.07) is 14.7. The maximum Gasteiger partial charge on any atom is 0.278 e. The molecular weight excluding hydrogens is 402 g/mol. The Balaban J connectivity index is 1.77. The third-order valence-corrected chi connectivity index (χ3v) is 5.22. The van der Waals surface area contributed by atoms with Crippen molar-refractivity contribution in [1.29, 1.82) is 0 Å². The Morgan fingerprint density at radius 3 is 2.53 bits per heavy atom. The number of para-hydroxylation sites is 1. The first-order chi connectivity index (χ1) is 14.5. The molecule has 0 saturated heterocycles. The Hall–Kier alpha value is -3.45. The summed E-state index contributed by atoms with van der Waals surface area (Å²) in [5.74, 6) is 0.378. The number of nitrogens with one attached hydrogen (secondary N) is 1. The third kappa shape index (κ3) is 3.48. The van der Waals surface area contributed by atoms with E-state index in [9.17, 15) is 4.79 Å². The minimum atomic E-state index is -0.394. The van der Waals surface area contributed by atoms with E-state index in [4.69, 9.17) is 21.4 Å². The van der Waals surface area contributed by atoms with Crippen molar-refractivity contribution in [2.75, 3.05) is 12.4 Å². The largest absolute Gasteiger partial charge is 0.497 e. The van der Waals surface area contributed by atoms with Gasteiger partial charge in [-0.15, -0.1) is 10.2 Å². The van der Waals surface area contributed by atoms with Gasteiger partial charge in [-0.05, 0) is 43.2 Å². The van der Waals surface area contributed by atoms with Crippen LogP contribution >= 0.6 is 11.6 Å². The molecule has 2 aromatic heterocycles. The lowest BCUT2D eigenvalue weighted by Gasteiger charge is -2.09. The van der Waals surface area contributed by atoms with Crippen LogP contribution in [0.15, 0.2) is 48.5 Å². The van der Waals surface area contributed by atoms with Crippen molar-refractivity contribution in [3.63, 3.8) is 0 Å². The van der Waals surface area contributed by atoms with Gasteiger partial charge < -0.3 is 10.1 Å². The molecule has 0 radical (unpaired) electrons. The second-order valence-corrected chi connectivity index (χ2v) is 7.11. The maximum atomic E-state index is 12.8. The van der Waals surface area contributed by atoms with Gasteiger partial charge in [0.2, 0.25) is 0 Å². The Labute approximate surface area is 178 Å². The molecule has 0 aliphatic heterocycles. The SMILES string of the molecule is CCc1nn2c(C)c(C(=O)Nc3ccccc3Cl)nnc2c1-c1ccc(OC)cc1. The number of methoxy groups -OCH3 is 1. The second kappa shape index (κ2) is 8.12. The predicted octanol–water partition coefficient (Wildman–Crippen LogP) is 4.58. The van der Waals surface area contributed by atoms with Gasteiger partial charge in [0.15, 0.2) is 11.3 Å². The number of benzene rings is 2. The molecule has 7 nitrogen and oxygen atoms in total. The molecule has 0 aliphatic carbocycles. The standard InChI is InChI=1S/C22H20ClN5O2/c1-4-17-19(14-9-11-15(30-3)12-10-14)21-26-25-20(13(2)28(21)27-17)22(29)24-18-8-6-5-7-16(18)23/h5-12H,4H2,1-3H3,(H,24,29). The molecule has 4 aromatic rings. The van der Waals surface area contributed by atoms with Crippen molar-refractivity contribution >= 4 is 28.8 Å². The van der Waals surface area contributed by atoms with Crippen molar-refractivity contribution in [3.05, 3.63) is 70.6 Å². The molecule has 2 aromatic carbocycles. The number of ether oxygens (including phenoxy) is 1. The molecule has 30 heavy (non-hydrogen) atoms. The first-order valence-electron chi connectivity index (χ1n) is 9.48. The maximum absolute atomic E-state index is 12.8. The number of fused-ring (bicyclic) bond motifs is 1. The van der Waals surface area contributed by atoms with Gasteiger partial charge in [0.05, 0.1) is 34.8 Å². The number of amides is 1. The van der Waals surface area contributed by atoms with E-state index in [-0.39, 0.29) is 5.69 Å². The molecule has 0 saturated carbocycles. The summed E-state index contributed by atoms with van der Waals surface area (Å²) < 4.78 is 6.92. The van der Waals surface area contributed by atoms with Gasteiger partial charge in [-0.3, -0.25) is 4.79 Å². The minimum Gasteiger partial charge on any atom is -0.497 e. The topological polar surface area (TPSA) is 81.4 Å². The summed E-state index contributed by atoms with van der Waals surface area (Å²) in [4.78, 5) is 12.8. The van der Waals surface area contributed by atoms with E-state index >= 15 is 0 Å². The Kier molecular flexibility index (Phi) is 5.37. The van der Waals surface area contributed by atoms with Gasteiger partial charge in [-0.2, -0.15) is 5.10 Å². The summed E-state index contributed by atoms with van der Waals surface area (Å²) >= 11 is 6.15. The second-order valence-electron chi connectivity index (χ2n) is 6.71. The van der Waals surface area contributed by atoms with Gasteiger partial charge in [0.25, 0.3) is 5.91 Å². The smallest absolute Gasteiger partial charge is 0.278 e. The van der Waals surface area contributed by atoms with Gasteiger partial charge in [-0.25, -0.2) is 4.52 Å². The molecule has 0 fully saturated rings. The lowest BCUT2D eigenvalue weighted by atomic mass is 10.0. The number of rotatable bonds is 5. The number of anilines is 1. The van der Waals surface area contributed by atoms with E-state index in [1.165, 1.54) is 0 Å². The fraction of sp³-hybridized carbons (Fsp3) is 0.182. The zero-order valence-electron chi connectivity index (χ0n) is 16.8. The fourth-order valence-electron chi connectivity index (χ4n) is 3.30. The molecule has 152 valence electrons. The summed E-state index contributed by atoms with van der Waals surface area (Å²) in [6.07, 6.45) is 0.714. The number of aryl methyl sites for hydroxylation is 2. The predicted molar refractivity (Wildman–Crippen MR) is 116 cm³/mol. The lowest BCUT2D eigenvalue weighted by molar-refractivity contribution is 0.102. The highest BCUT2D eigenvalue weighted by atomic mass is 35.5. The highest BCUT2D eigenvalue weighted by Crippen LogP contribution is 2.30. The molecular formula is C22H20ClN5O2. The molecule has 4 rings (SSSR count). The van der Waals surface area contributed by atoms with E-state index in [0.29, 0.717) is 28.5 Å². The van der Waals surface area contributed by atoms with E-state index in [2.05, 4.69) is 15.5 Å². The van der Waals surface area contributed by atoms with Crippen molar-refractivity contribution in [2.24, 2.45) is 0 Å². The van der Waals surface area contributed by atoms with Crippen LogP contribution in [0.5, 0.6) is 5.75 Å². The van der Waals surface area contributed by atoms with Crippen molar-refractivity contribution in [3.8, 4) is 16.9 Å². The monoisotopic (exact) mass is 421 g/mol. The zero-order valence-corrected chi connectivity index (χ0v) is 17.6. The van der Waals surface area contributed by atoms with Crippen LogP contribution < -0.4 is 10.1 Å². The van der Waals surface area contributed by atoms with Crippen LogP contribution in [0, 0.1) is 6.92 Å². The molecule has 0 spiro atoms. The highest BCUT2D eigenvalue weighted by Gasteiger charge is 2.21. The number of hydrogen-bond donors (Lipinski definition) is 1. The quantitative estimate of drug-likeness (QED) is 0.510. The van der Waals surface area contributed by atoms with Gasteiger partial charge in [0, 0.05) is 0 Å². The first-order valence-corrected chi connectivity index (χ1v) is 9.86. The molecule has 0 bridgehead atoms. The number of nitrogens with zero attached hydrogens (tertiary/aromatic N) is 4. The lowest BCUT2D eigenvalue weighted by Crippen LogP contribution is -2.18. The summed E-state index contributed by atoms with van der Waals surface area (Å²) in [5.41, 5.74) is 4.63. The van der Waals surface area contributed by atoms with E-state index < -0.39 is 5.91 Å². The van der Waals surface area contributed by atoms with E-state index in [1.807, 2.05) is 31.2 Å². The molecule has 8 heteroatoms. The van der Waals surface area contributed by atoms with Crippen LogP contribution in [-0.2, 0) is 6.42 Å². The van der Waals surface area contributed by atoms with Crippen molar-refractivity contribution in [1.82, 2.24) is 19.8 Å². The van der Waals surface area contributed by atoms with Crippen LogP contribution in [0.3, 0.4) is 0 Å². The average Bonchev–Trinajstić information content (AvgIpc) is 3.15. The fourth-order valence-corrected chi connectivity index (χ4v) is 3.49. The van der Waals surface area contributed by atoms with Crippen LogP contribution in [0.1, 0.15) is 28.8 Å². The first kappa shape index (κ1) is 19.8. The summed E-state index contributed by atoms with van der Waals surface area (Å²) in [7, 11) is 1.63. The van der Waals surface area contributed by atoms with Gasteiger partial charge >= 0.3 is 0 Å². The number of hydrogen-bond acceptors (Lipinski definition) is 5.